The Morgan fingerprint density at radius 2 is 1.88 bits per heavy atom. The highest BCUT2D eigenvalue weighted by molar-refractivity contribution is 5.85. The van der Waals surface area contributed by atoms with Gasteiger partial charge < -0.3 is 15.6 Å². The summed E-state index contributed by atoms with van der Waals surface area (Å²) in [7, 11) is 1.43. The van der Waals surface area contributed by atoms with E-state index >= 15 is 0 Å². The van der Waals surface area contributed by atoms with Crippen molar-refractivity contribution in [3.8, 4) is 5.75 Å². The van der Waals surface area contributed by atoms with Gasteiger partial charge in [-0.05, 0) is 17.7 Å². The maximum atomic E-state index is 13.1. The molecule has 0 saturated heterocycles. The van der Waals surface area contributed by atoms with Crippen LogP contribution < -0.4 is 10.5 Å². The first kappa shape index (κ1) is 15.6. The molecule has 7 heteroatoms. The standard InChI is InChI=1S/C10H11F2NO3.ClH/c1-16-7-4-2-6(3-5-7)8(13)10(11,12)9(14)15;/h2-5,8H,13H2,1H3,(H,14,15);1H. The molecule has 3 N–H and O–H groups in total. The summed E-state index contributed by atoms with van der Waals surface area (Å²) in [6, 6.07) is 3.61. The third-order valence-electron chi connectivity index (χ3n) is 2.15. The van der Waals surface area contributed by atoms with Gasteiger partial charge in [-0.3, -0.25) is 0 Å². The van der Waals surface area contributed by atoms with E-state index < -0.39 is 17.9 Å². The Balaban J connectivity index is 0.00000256. The minimum Gasteiger partial charge on any atom is -0.497 e. The summed E-state index contributed by atoms with van der Waals surface area (Å²) in [6.45, 7) is 0. The maximum absolute atomic E-state index is 13.1. The molecule has 1 unspecified atom stereocenters. The van der Waals surface area contributed by atoms with Crippen LogP contribution in [0.5, 0.6) is 5.75 Å². The second-order valence-electron chi connectivity index (χ2n) is 3.18. The van der Waals surface area contributed by atoms with E-state index in [4.69, 9.17) is 15.6 Å². The number of hydrogen-bond donors (Lipinski definition) is 2. The van der Waals surface area contributed by atoms with Gasteiger partial charge >= 0.3 is 11.9 Å². The average Bonchev–Trinajstić information content (AvgIpc) is 2.28. The molecule has 0 amide bonds. The Morgan fingerprint density at radius 3 is 2.24 bits per heavy atom. The van der Waals surface area contributed by atoms with Gasteiger partial charge in [-0.15, -0.1) is 12.4 Å². The second-order valence-corrected chi connectivity index (χ2v) is 3.18. The van der Waals surface area contributed by atoms with Gasteiger partial charge in [0.25, 0.3) is 0 Å². The number of hydrogen-bond acceptors (Lipinski definition) is 3. The van der Waals surface area contributed by atoms with E-state index in [1.165, 1.54) is 31.4 Å². The van der Waals surface area contributed by atoms with E-state index in [-0.39, 0.29) is 18.0 Å². The first-order valence-corrected chi connectivity index (χ1v) is 4.40. The smallest absolute Gasteiger partial charge is 0.376 e. The van der Waals surface area contributed by atoms with Gasteiger partial charge in [0.2, 0.25) is 0 Å². The van der Waals surface area contributed by atoms with Gasteiger partial charge in [-0.2, -0.15) is 8.78 Å². The zero-order valence-electron chi connectivity index (χ0n) is 8.89. The normalized spacial score (nSPS) is 12.5. The second kappa shape index (κ2) is 5.79. The van der Waals surface area contributed by atoms with Gasteiger partial charge in [-0.1, -0.05) is 12.1 Å². The Morgan fingerprint density at radius 1 is 1.41 bits per heavy atom. The number of halogens is 3. The number of ether oxygens (including phenoxy) is 1. The number of alkyl halides is 2. The molecule has 0 heterocycles. The number of carbonyl (C=O) groups is 1. The molecule has 0 aromatic heterocycles. The molecule has 1 atom stereocenters. The molecule has 1 aromatic rings. The molecule has 0 bridgehead atoms. The topological polar surface area (TPSA) is 72.5 Å². The third-order valence-corrected chi connectivity index (χ3v) is 2.15. The first-order chi connectivity index (χ1) is 7.39. The third kappa shape index (κ3) is 3.28. The van der Waals surface area contributed by atoms with Crippen LogP contribution in [0, 0.1) is 0 Å². The van der Waals surface area contributed by atoms with Crippen molar-refractivity contribution in [3.05, 3.63) is 29.8 Å². The van der Waals surface area contributed by atoms with Gasteiger partial charge in [0.05, 0.1) is 7.11 Å². The van der Waals surface area contributed by atoms with Gasteiger partial charge in [0.1, 0.15) is 11.8 Å². The predicted molar refractivity (Wildman–Crippen MR) is 59.8 cm³/mol. The molecule has 0 fully saturated rings. The largest absolute Gasteiger partial charge is 0.497 e. The van der Waals surface area contributed by atoms with Crippen LogP contribution in [0.3, 0.4) is 0 Å². The lowest BCUT2D eigenvalue weighted by atomic mass is 10.0. The van der Waals surface area contributed by atoms with Crippen LogP contribution in [0.2, 0.25) is 0 Å². The fourth-order valence-corrected chi connectivity index (χ4v) is 1.15. The average molecular weight is 268 g/mol. The Hall–Kier alpha value is -1.40. The number of methoxy groups -OCH3 is 1. The molecule has 0 radical (unpaired) electrons. The maximum Gasteiger partial charge on any atom is 0.376 e. The highest BCUT2D eigenvalue weighted by atomic mass is 35.5. The predicted octanol–water partition coefficient (Wildman–Crippen LogP) is 1.84. The van der Waals surface area contributed by atoms with Crippen LogP contribution in [-0.4, -0.2) is 24.1 Å². The molecule has 1 aromatic carbocycles. The van der Waals surface area contributed by atoms with Crippen molar-refractivity contribution in [2.24, 2.45) is 5.73 Å². The number of rotatable bonds is 4. The summed E-state index contributed by atoms with van der Waals surface area (Å²) in [4.78, 5) is 10.3. The lowest BCUT2D eigenvalue weighted by molar-refractivity contribution is -0.168. The van der Waals surface area contributed by atoms with Crippen molar-refractivity contribution in [1.82, 2.24) is 0 Å². The Labute approximate surface area is 103 Å². The molecule has 0 aliphatic rings. The number of carboxylic acids is 1. The summed E-state index contributed by atoms with van der Waals surface area (Å²) >= 11 is 0. The zero-order chi connectivity index (χ0) is 12.3. The Bertz CT molecular complexity index is 384. The summed E-state index contributed by atoms with van der Waals surface area (Å²) in [5, 5.41) is 8.32. The van der Waals surface area contributed by atoms with E-state index in [1.807, 2.05) is 0 Å². The fourth-order valence-electron chi connectivity index (χ4n) is 1.15. The minimum atomic E-state index is -3.99. The van der Waals surface area contributed by atoms with E-state index in [0.29, 0.717) is 5.75 Å². The number of aliphatic carboxylic acids is 1. The SMILES string of the molecule is COc1ccc(C(N)C(F)(F)C(=O)O)cc1.Cl. The molecule has 4 nitrogen and oxygen atoms in total. The van der Waals surface area contributed by atoms with Crippen LogP contribution >= 0.6 is 12.4 Å². The van der Waals surface area contributed by atoms with Crippen molar-refractivity contribution in [1.29, 1.82) is 0 Å². The lowest BCUT2D eigenvalue weighted by Crippen LogP contribution is -2.40. The van der Waals surface area contributed by atoms with Crippen molar-refractivity contribution >= 4 is 18.4 Å². The molecule has 0 aliphatic carbocycles. The summed E-state index contributed by atoms with van der Waals surface area (Å²) < 4.78 is 30.9. The van der Waals surface area contributed by atoms with Crippen LogP contribution in [-0.2, 0) is 4.79 Å². The van der Waals surface area contributed by atoms with Crippen molar-refractivity contribution in [2.75, 3.05) is 7.11 Å². The monoisotopic (exact) mass is 267 g/mol. The molecule has 0 saturated carbocycles. The first-order valence-electron chi connectivity index (χ1n) is 4.40. The summed E-state index contributed by atoms with van der Waals surface area (Å²) in [5.41, 5.74) is 5.23. The highest BCUT2D eigenvalue weighted by Gasteiger charge is 2.46. The number of benzene rings is 1. The fraction of sp³-hybridized carbons (Fsp3) is 0.300. The van der Waals surface area contributed by atoms with Gasteiger partial charge in [0.15, 0.2) is 0 Å². The van der Waals surface area contributed by atoms with E-state index in [9.17, 15) is 13.6 Å². The molecule has 96 valence electrons. The minimum absolute atomic E-state index is 0. The molecule has 0 spiro atoms. The van der Waals surface area contributed by atoms with E-state index in [2.05, 4.69) is 0 Å². The molecule has 1 rings (SSSR count). The molecule has 17 heavy (non-hydrogen) atoms. The van der Waals surface area contributed by atoms with Crippen LogP contribution in [0.25, 0.3) is 0 Å². The lowest BCUT2D eigenvalue weighted by Gasteiger charge is -2.19. The zero-order valence-corrected chi connectivity index (χ0v) is 9.71. The molecular formula is C10H12ClF2NO3. The van der Waals surface area contributed by atoms with Gasteiger partial charge in [0, 0.05) is 0 Å². The van der Waals surface area contributed by atoms with Crippen LogP contribution in [0.15, 0.2) is 24.3 Å². The van der Waals surface area contributed by atoms with Crippen molar-refractivity contribution in [3.63, 3.8) is 0 Å². The quantitative estimate of drug-likeness (QED) is 0.873. The van der Waals surface area contributed by atoms with E-state index in [1.54, 1.807) is 0 Å². The Kier molecular flexibility index (Phi) is 5.31. The number of nitrogens with two attached hydrogens (primary N) is 1. The van der Waals surface area contributed by atoms with Gasteiger partial charge in [-0.25, -0.2) is 4.79 Å². The van der Waals surface area contributed by atoms with Crippen LogP contribution in [0.4, 0.5) is 8.78 Å². The number of carboxylic acid groups (broad SMARTS) is 1. The van der Waals surface area contributed by atoms with E-state index in [0.717, 1.165) is 0 Å². The molecular weight excluding hydrogens is 256 g/mol. The summed E-state index contributed by atoms with van der Waals surface area (Å²) in [5.74, 6) is -5.75. The van der Waals surface area contributed by atoms with Crippen molar-refractivity contribution < 1.29 is 23.4 Å². The highest BCUT2D eigenvalue weighted by Crippen LogP contribution is 2.30. The van der Waals surface area contributed by atoms with Crippen molar-refractivity contribution in [2.45, 2.75) is 12.0 Å². The molecule has 0 aliphatic heterocycles. The van der Waals surface area contributed by atoms with Crippen LogP contribution in [0.1, 0.15) is 11.6 Å². The summed E-state index contributed by atoms with van der Waals surface area (Å²) in [6.07, 6.45) is 0.